The molecule has 1 fully saturated rings. The Kier molecular flexibility index (Phi) is 5.65. The van der Waals surface area contributed by atoms with Gasteiger partial charge >= 0.3 is 6.03 Å². The molecule has 1 unspecified atom stereocenters. The van der Waals surface area contributed by atoms with E-state index in [4.69, 9.17) is 4.74 Å². The Balaban J connectivity index is 1.65. The number of nitrogens with one attached hydrogen (secondary N) is 2. The predicted molar refractivity (Wildman–Crippen MR) is 84.9 cm³/mol. The van der Waals surface area contributed by atoms with E-state index in [1.54, 1.807) is 7.11 Å². The summed E-state index contributed by atoms with van der Waals surface area (Å²) in [7, 11) is -1.27. The van der Waals surface area contributed by atoms with Crippen molar-refractivity contribution in [2.75, 3.05) is 31.7 Å². The Morgan fingerprint density at radius 2 is 2.18 bits per heavy atom. The zero-order valence-electron chi connectivity index (χ0n) is 12.7. The van der Waals surface area contributed by atoms with E-state index in [0.29, 0.717) is 25.9 Å². The summed E-state index contributed by atoms with van der Waals surface area (Å²) in [5.74, 6) is 1.24. The molecule has 1 aliphatic rings. The lowest BCUT2D eigenvalue weighted by Gasteiger charge is -2.11. The number of carbonyl (C=O) groups is 1. The van der Waals surface area contributed by atoms with Crippen molar-refractivity contribution in [3.63, 3.8) is 0 Å². The topological polar surface area (TPSA) is 84.5 Å². The van der Waals surface area contributed by atoms with E-state index in [2.05, 4.69) is 10.6 Å². The normalized spacial score (nSPS) is 19.6. The number of rotatable bonds is 6. The maximum atomic E-state index is 11.7. The molecule has 0 aromatic heterocycles. The second-order valence-corrected chi connectivity index (χ2v) is 7.74. The number of hydrogen-bond acceptors (Lipinski definition) is 4. The SMILES string of the molecule is COc1cccc(CCNC(=O)NCC2CCS(=O)(=O)C2)c1. The third-order valence-corrected chi connectivity index (χ3v) is 5.55. The molecule has 1 aromatic rings. The second-order valence-electron chi connectivity index (χ2n) is 5.51. The van der Waals surface area contributed by atoms with Crippen LogP contribution in [0.5, 0.6) is 5.75 Å². The quantitative estimate of drug-likeness (QED) is 0.816. The van der Waals surface area contributed by atoms with Crippen LogP contribution in [0.15, 0.2) is 24.3 Å². The van der Waals surface area contributed by atoms with Gasteiger partial charge in [0.05, 0.1) is 18.6 Å². The van der Waals surface area contributed by atoms with Crippen molar-refractivity contribution in [2.24, 2.45) is 5.92 Å². The van der Waals surface area contributed by atoms with Crippen molar-refractivity contribution in [3.8, 4) is 5.75 Å². The van der Waals surface area contributed by atoms with Crippen molar-refractivity contribution < 1.29 is 17.9 Å². The smallest absolute Gasteiger partial charge is 0.314 e. The van der Waals surface area contributed by atoms with Gasteiger partial charge in [-0.3, -0.25) is 0 Å². The number of methoxy groups -OCH3 is 1. The van der Waals surface area contributed by atoms with Gasteiger partial charge in [0.1, 0.15) is 5.75 Å². The molecule has 122 valence electrons. The monoisotopic (exact) mass is 326 g/mol. The number of benzene rings is 1. The molecule has 2 N–H and O–H groups in total. The molecule has 1 aliphatic heterocycles. The van der Waals surface area contributed by atoms with Crippen molar-refractivity contribution >= 4 is 15.9 Å². The van der Waals surface area contributed by atoms with Crippen molar-refractivity contribution in [1.29, 1.82) is 0 Å². The molecule has 22 heavy (non-hydrogen) atoms. The second kappa shape index (κ2) is 7.49. The fourth-order valence-electron chi connectivity index (χ4n) is 2.48. The van der Waals surface area contributed by atoms with Gasteiger partial charge < -0.3 is 15.4 Å². The van der Waals surface area contributed by atoms with Crippen LogP contribution in [0.4, 0.5) is 4.79 Å². The van der Waals surface area contributed by atoms with Gasteiger partial charge in [-0.2, -0.15) is 0 Å². The van der Waals surface area contributed by atoms with Gasteiger partial charge in [0.15, 0.2) is 9.84 Å². The predicted octanol–water partition coefficient (Wildman–Crippen LogP) is 0.972. The van der Waals surface area contributed by atoms with Crippen LogP contribution in [0.2, 0.25) is 0 Å². The van der Waals surface area contributed by atoms with Crippen LogP contribution >= 0.6 is 0 Å². The van der Waals surface area contributed by atoms with E-state index in [-0.39, 0.29) is 23.5 Å². The van der Waals surface area contributed by atoms with E-state index in [9.17, 15) is 13.2 Å². The Bertz CT molecular complexity index is 616. The Morgan fingerprint density at radius 1 is 1.36 bits per heavy atom. The average molecular weight is 326 g/mol. The summed E-state index contributed by atoms with van der Waals surface area (Å²) in [6, 6.07) is 7.44. The van der Waals surface area contributed by atoms with Crippen LogP contribution in [-0.2, 0) is 16.3 Å². The third-order valence-electron chi connectivity index (χ3n) is 3.71. The molecule has 2 amide bonds. The van der Waals surface area contributed by atoms with Crippen LogP contribution < -0.4 is 15.4 Å². The molecular formula is C15H22N2O4S. The maximum Gasteiger partial charge on any atom is 0.314 e. The Morgan fingerprint density at radius 3 is 2.86 bits per heavy atom. The van der Waals surface area contributed by atoms with Gasteiger partial charge in [-0.1, -0.05) is 12.1 Å². The van der Waals surface area contributed by atoms with Crippen LogP contribution in [0.25, 0.3) is 0 Å². The summed E-state index contributed by atoms with van der Waals surface area (Å²) >= 11 is 0. The third kappa shape index (κ3) is 5.22. The molecule has 1 aromatic carbocycles. The van der Waals surface area contributed by atoms with Crippen LogP contribution in [0.3, 0.4) is 0 Å². The summed E-state index contributed by atoms with van der Waals surface area (Å²) in [6.45, 7) is 0.923. The van der Waals surface area contributed by atoms with Gasteiger partial charge in [0.2, 0.25) is 0 Å². The first kappa shape index (κ1) is 16.6. The lowest BCUT2D eigenvalue weighted by molar-refractivity contribution is 0.239. The minimum atomic E-state index is -2.89. The fraction of sp³-hybridized carbons (Fsp3) is 0.533. The van der Waals surface area contributed by atoms with Crippen molar-refractivity contribution in [2.45, 2.75) is 12.8 Å². The van der Waals surface area contributed by atoms with Gasteiger partial charge in [0, 0.05) is 13.1 Å². The lowest BCUT2D eigenvalue weighted by Crippen LogP contribution is -2.39. The maximum absolute atomic E-state index is 11.7. The zero-order valence-corrected chi connectivity index (χ0v) is 13.5. The minimum absolute atomic E-state index is 0.0362. The van der Waals surface area contributed by atoms with Crippen molar-refractivity contribution in [3.05, 3.63) is 29.8 Å². The molecule has 0 spiro atoms. The number of carbonyl (C=O) groups excluding carboxylic acids is 1. The molecule has 2 rings (SSSR count). The first-order valence-electron chi connectivity index (χ1n) is 7.33. The first-order chi connectivity index (χ1) is 10.5. The summed E-state index contributed by atoms with van der Waals surface area (Å²) < 4.78 is 27.8. The minimum Gasteiger partial charge on any atom is -0.497 e. The van der Waals surface area contributed by atoms with E-state index in [0.717, 1.165) is 11.3 Å². The highest BCUT2D eigenvalue weighted by Gasteiger charge is 2.27. The van der Waals surface area contributed by atoms with Gasteiger partial charge in [0.25, 0.3) is 0 Å². The highest BCUT2D eigenvalue weighted by atomic mass is 32.2. The van der Waals surface area contributed by atoms with Crippen molar-refractivity contribution in [1.82, 2.24) is 10.6 Å². The molecule has 1 saturated heterocycles. The highest BCUT2D eigenvalue weighted by molar-refractivity contribution is 7.91. The average Bonchev–Trinajstić information content (AvgIpc) is 2.85. The van der Waals surface area contributed by atoms with Gasteiger partial charge in [-0.25, -0.2) is 13.2 Å². The number of amides is 2. The number of ether oxygens (including phenoxy) is 1. The van der Waals surface area contributed by atoms with Crippen LogP contribution in [0.1, 0.15) is 12.0 Å². The van der Waals surface area contributed by atoms with E-state index < -0.39 is 9.84 Å². The Hall–Kier alpha value is -1.76. The van der Waals surface area contributed by atoms with Crippen LogP contribution in [-0.4, -0.2) is 46.2 Å². The van der Waals surface area contributed by atoms with Gasteiger partial charge in [-0.15, -0.1) is 0 Å². The summed E-state index contributed by atoms with van der Waals surface area (Å²) in [4.78, 5) is 11.7. The standard InChI is InChI=1S/C15H22N2O4S/c1-21-14-4-2-3-12(9-14)5-7-16-15(18)17-10-13-6-8-22(19,20)11-13/h2-4,9,13H,5-8,10-11H2,1H3,(H2,16,17,18). The van der Waals surface area contributed by atoms with E-state index >= 15 is 0 Å². The highest BCUT2D eigenvalue weighted by Crippen LogP contribution is 2.17. The molecule has 0 bridgehead atoms. The lowest BCUT2D eigenvalue weighted by atomic mass is 10.1. The first-order valence-corrected chi connectivity index (χ1v) is 9.16. The molecule has 1 heterocycles. The zero-order chi connectivity index (χ0) is 16.0. The molecule has 0 radical (unpaired) electrons. The largest absolute Gasteiger partial charge is 0.497 e. The molecule has 0 saturated carbocycles. The summed E-state index contributed by atoms with van der Waals surface area (Å²) in [5, 5.41) is 5.51. The summed E-state index contributed by atoms with van der Waals surface area (Å²) in [6.07, 6.45) is 1.34. The summed E-state index contributed by atoms with van der Waals surface area (Å²) in [5.41, 5.74) is 1.08. The van der Waals surface area contributed by atoms with E-state index in [1.165, 1.54) is 0 Å². The number of sulfone groups is 1. The molecule has 0 aliphatic carbocycles. The number of urea groups is 1. The molecule has 7 heteroatoms. The van der Waals surface area contributed by atoms with Gasteiger partial charge in [-0.05, 0) is 36.5 Å². The molecule has 6 nitrogen and oxygen atoms in total. The number of hydrogen-bond donors (Lipinski definition) is 2. The molecule has 1 atom stereocenters. The fourth-order valence-corrected chi connectivity index (χ4v) is 4.34. The Labute approximate surface area is 131 Å². The molecular weight excluding hydrogens is 304 g/mol. The van der Waals surface area contributed by atoms with Crippen LogP contribution in [0, 0.1) is 5.92 Å². The van der Waals surface area contributed by atoms with E-state index in [1.807, 2.05) is 24.3 Å².